The molecule has 0 saturated heterocycles. The van der Waals surface area contributed by atoms with Gasteiger partial charge in [0.1, 0.15) is 12.4 Å². The van der Waals surface area contributed by atoms with Crippen LogP contribution in [0.1, 0.15) is 28.4 Å². The molecule has 0 fully saturated rings. The summed E-state index contributed by atoms with van der Waals surface area (Å²) < 4.78 is 24.5. The Labute approximate surface area is 189 Å². The van der Waals surface area contributed by atoms with Crippen molar-refractivity contribution < 1.29 is 18.7 Å². The van der Waals surface area contributed by atoms with Crippen LogP contribution in [0.15, 0.2) is 65.8 Å². The van der Waals surface area contributed by atoms with Gasteiger partial charge in [0.25, 0.3) is 5.91 Å². The van der Waals surface area contributed by atoms with Gasteiger partial charge in [0.05, 0.1) is 17.8 Å². The number of nitrogens with zero attached hydrogens (tertiary/aromatic N) is 1. The summed E-state index contributed by atoms with van der Waals surface area (Å²) in [5, 5.41) is 4.84. The topological polar surface area (TPSA) is 59.9 Å². The molecule has 3 aromatic rings. The zero-order valence-corrected chi connectivity index (χ0v) is 18.1. The fourth-order valence-electron chi connectivity index (χ4n) is 2.66. The highest BCUT2D eigenvalue weighted by molar-refractivity contribution is 6.32. The molecule has 3 aromatic carbocycles. The highest BCUT2D eigenvalue weighted by atomic mass is 35.5. The lowest BCUT2D eigenvalue weighted by Crippen LogP contribution is -2.17. The van der Waals surface area contributed by atoms with Gasteiger partial charge < -0.3 is 9.47 Å². The van der Waals surface area contributed by atoms with Crippen molar-refractivity contribution in [3.8, 4) is 11.5 Å². The smallest absolute Gasteiger partial charge is 0.271 e. The van der Waals surface area contributed by atoms with Gasteiger partial charge in [-0.25, -0.2) is 9.82 Å². The van der Waals surface area contributed by atoms with Crippen LogP contribution in [-0.2, 0) is 6.61 Å². The predicted octanol–water partition coefficient (Wildman–Crippen LogP) is 5.87. The fourth-order valence-corrected chi connectivity index (χ4v) is 3.13. The number of nitrogens with one attached hydrogen (secondary N) is 1. The maximum absolute atomic E-state index is 13.0. The molecule has 8 heteroatoms. The minimum absolute atomic E-state index is 0.223. The molecule has 0 aliphatic carbocycles. The van der Waals surface area contributed by atoms with Crippen molar-refractivity contribution in [2.24, 2.45) is 5.10 Å². The lowest BCUT2D eigenvalue weighted by Gasteiger charge is -2.15. The molecule has 0 bridgehead atoms. The Morgan fingerprint density at radius 3 is 2.52 bits per heavy atom. The van der Waals surface area contributed by atoms with E-state index in [0.29, 0.717) is 33.7 Å². The molecule has 31 heavy (non-hydrogen) atoms. The first-order valence-corrected chi connectivity index (χ1v) is 10.1. The van der Waals surface area contributed by atoms with E-state index in [-0.39, 0.29) is 12.2 Å². The second-order valence-electron chi connectivity index (χ2n) is 6.35. The molecule has 0 spiro atoms. The van der Waals surface area contributed by atoms with E-state index in [4.69, 9.17) is 32.7 Å². The largest absolute Gasteiger partial charge is 0.490 e. The number of carbonyl (C=O) groups excluding carboxylic acids is 1. The lowest BCUT2D eigenvalue weighted by atomic mass is 10.2. The lowest BCUT2D eigenvalue weighted by molar-refractivity contribution is 0.0955. The minimum atomic E-state index is -0.466. The number of hydrogen-bond donors (Lipinski definition) is 1. The molecule has 0 atom stereocenters. The Morgan fingerprint density at radius 2 is 1.81 bits per heavy atom. The Bertz CT molecular complexity index is 1090. The van der Waals surface area contributed by atoms with Gasteiger partial charge in [-0.3, -0.25) is 4.79 Å². The number of carbonyl (C=O) groups is 1. The summed E-state index contributed by atoms with van der Waals surface area (Å²) in [6.45, 7) is 2.47. The third-order valence-electron chi connectivity index (χ3n) is 4.15. The van der Waals surface area contributed by atoms with Gasteiger partial charge in [-0.1, -0.05) is 41.4 Å². The van der Waals surface area contributed by atoms with E-state index in [0.717, 1.165) is 5.56 Å². The first-order chi connectivity index (χ1) is 15.0. The van der Waals surface area contributed by atoms with Crippen molar-refractivity contribution in [1.82, 2.24) is 5.43 Å². The highest BCUT2D eigenvalue weighted by Gasteiger charge is 2.13. The number of hydrazone groups is 1. The van der Waals surface area contributed by atoms with Gasteiger partial charge in [0.2, 0.25) is 0 Å². The monoisotopic (exact) mass is 460 g/mol. The summed E-state index contributed by atoms with van der Waals surface area (Å²) in [5.41, 5.74) is 4.08. The summed E-state index contributed by atoms with van der Waals surface area (Å²) in [6, 6.07) is 15.8. The van der Waals surface area contributed by atoms with Crippen molar-refractivity contribution in [2.75, 3.05) is 6.61 Å². The van der Waals surface area contributed by atoms with Crippen LogP contribution in [0.25, 0.3) is 0 Å². The molecule has 1 amide bonds. The summed E-state index contributed by atoms with van der Waals surface area (Å²) in [5.74, 6) is -0.0636. The van der Waals surface area contributed by atoms with E-state index < -0.39 is 11.7 Å². The number of hydrogen-bond acceptors (Lipinski definition) is 4. The Morgan fingerprint density at radius 1 is 1.06 bits per heavy atom. The predicted molar refractivity (Wildman–Crippen MR) is 120 cm³/mol. The van der Waals surface area contributed by atoms with Crippen LogP contribution in [-0.4, -0.2) is 18.7 Å². The van der Waals surface area contributed by atoms with Gasteiger partial charge >= 0.3 is 0 Å². The molecule has 0 saturated carbocycles. The van der Waals surface area contributed by atoms with E-state index in [1.54, 1.807) is 18.2 Å². The zero-order valence-electron chi connectivity index (χ0n) is 16.6. The van der Waals surface area contributed by atoms with Crippen LogP contribution in [0.3, 0.4) is 0 Å². The van der Waals surface area contributed by atoms with Gasteiger partial charge in [-0.15, -0.1) is 0 Å². The summed E-state index contributed by atoms with van der Waals surface area (Å²) in [4.78, 5) is 12.1. The van der Waals surface area contributed by atoms with Crippen molar-refractivity contribution in [3.63, 3.8) is 0 Å². The summed E-state index contributed by atoms with van der Waals surface area (Å²) >= 11 is 12.6. The number of halogens is 3. The SMILES string of the molecule is CCOc1cc(/C=N\NC(=O)c2ccc(F)cc2)cc(Cl)c1OCc1ccccc1Cl. The number of amides is 1. The molecule has 0 radical (unpaired) electrons. The standard InChI is InChI=1S/C23H19Cl2FN2O3/c1-2-30-21-12-15(13-27-28-23(29)16-7-9-18(26)10-8-16)11-20(25)22(21)31-14-17-5-3-4-6-19(17)24/h3-13H,2,14H2,1H3,(H,28,29)/b27-13-. The van der Waals surface area contributed by atoms with Crippen molar-refractivity contribution in [1.29, 1.82) is 0 Å². The van der Waals surface area contributed by atoms with Gasteiger partial charge in [-0.05, 0) is 55.0 Å². The molecule has 0 aromatic heterocycles. The average Bonchev–Trinajstić information content (AvgIpc) is 2.75. The molecular weight excluding hydrogens is 442 g/mol. The molecule has 1 N–H and O–H groups in total. The molecule has 0 heterocycles. The van der Waals surface area contributed by atoms with Crippen LogP contribution >= 0.6 is 23.2 Å². The van der Waals surface area contributed by atoms with Crippen molar-refractivity contribution in [2.45, 2.75) is 13.5 Å². The van der Waals surface area contributed by atoms with E-state index in [9.17, 15) is 9.18 Å². The first kappa shape index (κ1) is 22.6. The molecule has 0 aliphatic heterocycles. The molecular formula is C23H19Cl2FN2O3. The Kier molecular flexibility index (Phi) is 7.87. The van der Waals surface area contributed by atoms with Gasteiger partial charge in [0.15, 0.2) is 11.5 Å². The third kappa shape index (κ3) is 6.20. The normalized spacial score (nSPS) is 10.8. The molecule has 0 unspecified atom stereocenters. The van der Waals surface area contributed by atoms with E-state index >= 15 is 0 Å². The Hall–Kier alpha value is -3.09. The fraction of sp³-hybridized carbons (Fsp3) is 0.130. The van der Waals surface area contributed by atoms with Gasteiger partial charge in [0, 0.05) is 16.1 Å². The van der Waals surface area contributed by atoms with Crippen molar-refractivity contribution >= 4 is 35.3 Å². The third-order valence-corrected chi connectivity index (χ3v) is 4.80. The second kappa shape index (κ2) is 10.8. The first-order valence-electron chi connectivity index (χ1n) is 9.39. The average molecular weight is 461 g/mol. The maximum atomic E-state index is 13.0. The van der Waals surface area contributed by atoms with Crippen LogP contribution in [0.2, 0.25) is 10.0 Å². The van der Waals surface area contributed by atoms with E-state index in [1.165, 1.54) is 30.5 Å². The summed E-state index contributed by atoms with van der Waals surface area (Å²) in [6.07, 6.45) is 1.42. The number of benzene rings is 3. The number of ether oxygens (including phenoxy) is 2. The van der Waals surface area contributed by atoms with Crippen LogP contribution < -0.4 is 14.9 Å². The van der Waals surface area contributed by atoms with Crippen LogP contribution in [0.4, 0.5) is 4.39 Å². The maximum Gasteiger partial charge on any atom is 0.271 e. The van der Waals surface area contributed by atoms with Crippen LogP contribution in [0, 0.1) is 5.82 Å². The van der Waals surface area contributed by atoms with Gasteiger partial charge in [-0.2, -0.15) is 5.10 Å². The molecule has 0 aliphatic rings. The quantitative estimate of drug-likeness (QED) is 0.337. The molecule has 3 rings (SSSR count). The molecule has 5 nitrogen and oxygen atoms in total. The second-order valence-corrected chi connectivity index (χ2v) is 7.16. The zero-order chi connectivity index (χ0) is 22.2. The van der Waals surface area contributed by atoms with Crippen LogP contribution in [0.5, 0.6) is 11.5 Å². The van der Waals surface area contributed by atoms with E-state index in [2.05, 4.69) is 10.5 Å². The van der Waals surface area contributed by atoms with E-state index in [1.807, 2.05) is 25.1 Å². The minimum Gasteiger partial charge on any atom is -0.490 e. The highest BCUT2D eigenvalue weighted by Crippen LogP contribution is 2.37. The molecule has 160 valence electrons. The summed E-state index contributed by atoms with van der Waals surface area (Å²) in [7, 11) is 0. The van der Waals surface area contributed by atoms with Crippen molar-refractivity contribution in [3.05, 3.63) is 93.2 Å². The number of rotatable bonds is 8. The Balaban J connectivity index is 1.73.